The number of nitrogens with two attached hydrogens (primary N) is 1. The zero-order valence-electron chi connectivity index (χ0n) is 18.8. The van der Waals surface area contributed by atoms with Crippen molar-refractivity contribution in [1.82, 2.24) is 0 Å². The van der Waals surface area contributed by atoms with E-state index in [2.05, 4.69) is 0 Å². The number of nitrogens with zero attached hydrogens (tertiary/aromatic N) is 1. The average Bonchev–Trinajstić information content (AvgIpc) is 2.77. The lowest BCUT2D eigenvalue weighted by Crippen LogP contribution is -2.36. The molecule has 0 heterocycles. The normalized spacial score (nSPS) is 12.5. The summed E-state index contributed by atoms with van der Waals surface area (Å²) in [5.74, 6) is 0.281. The topological polar surface area (TPSA) is 102 Å². The fourth-order valence-corrected chi connectivity index (χ4v) is 4.86. The Labute approximate surface area is 193 Å². The van der Waals surface area contributed by atoms with Gasteiger partial charge in [0.05, 0.1) is 38.3 Å². The van der Waals surface area contributed by atoms with Gasteiger partial charge in [0, 0.05) is 11.3 Å². The molecular weight excluding hydrogens is 447 g/mol. The summed E-state index contributed by atoms with van der Waals surface area (Å²) in [6.45, 7) is 1.37. The molecule has 0 radical (unpaired) electrons. The van der Waals surface area contributed by atoms with Crippen molar-refractivity contribution in [2.24, 2.45) is 0 Å². The molecule has 33 heavy (non-hydrogen) atoms. The number of hydrogen-bond acceptors (Lipinski definition) is 6. The summed E-state index contributed by atoms with van der Waals surface area (Å²) in [6, 6.07) is 15.5. The van der Waals surface area contributed by atoms with Gasteiger partial charge in [-0.05, 0) is 54.4 Å². The van der Waals surface area contributed by atoms with Crippen molar-refractivity contribution in [3.63, 3.8) is 0 Å². The number of aliphatic hydroxyl groups excluding tert-OH is 1. The molecule has 176 valence electrons. The summed E-state index contributed by atoms with van der Waals surface area (Å²) < 4.78 is 53.2. The van der Waals surface area contributed by atoms with Crippen molar-refractivity contribution in [3.05, 3.63) is 83.2 Å². The molecule has 9 heteroatoms. The fourth-order valence-electron chi connectivity index (χ4n) is 3.74. The zero-order valence-corrected chi connectivity index (χ0v) is 19.6. The maximum absolute atomic E-state index is 15.6. The molecule has 0 spiro atoms. The Hall–Kier alpha value is -3.30. The van der Waals surface area contributed by atoms with Crippen LogP contribution in [-0.4, -0.2) is 34.0 Å². The second-order valence-corrected chi connectivity index (χ2v) is 9.44. The van der Waals surface area contributed by atoms with E-state index < -0.39 is 28.0 Å². The molecule has 0 aliphatic carbocycles. The van der Waals surface area contributed by atoms with Crippen molar-refractivity contribution in [3.8, 4) is 11.5 Å². The summed E-state index contributed by atoms with van der Waals surface area (Å²) in [5, 5.41) is 10.1. The van der Waals surface area contributed by atoms with Gasteiger partial charge in [-0.3, -0.25) is 4.31 Å². The fraction of sp³-hybridized carbons (Fsp3) is 0.250. The van der Waals surface area contributed by atoms with Crippen LogP contribution < -0.4 is 19.5 Å². The minimum absolute atomic E-state index is 0.0325. The van der Waals surface area contributed by atoms with Gasteiger partial charge in [0.1, 0.15) is 11.5 Å². The SMILES string of the molecule is COc1ccc(C(c2ccc(OC)cc2)N(c2ccc(N)c(C(C)O)c2F)S(C)(=O)=O)cc1. The predicted octanol–water partition coefficient (Wildman–Crippen LogP) is 4.03. The first-order valence-electron chi connectivity index (χ1n) is 10.1. The van der Waals surface area contributed by atoms with Crippen LogP contribution in [-0.2, 0) is 10.0 Å². The van der Waals surface area contributed by atoms with Crippen LogP contribution in [0.5, 0.6) is 11.5 Å². The molecule has 3 aromatic carbocycles. The lowest BCUT2D eigenvalue weighted by molar-refractivity contribution is 0.195. The molecule has 7 nitrogen and oxygen atoms in total. The molecule has 0 aromatic heterocycles. The molecule has 0 fully saturated rings. The van der Waals surface area contributed by atoms with E-state index in [1.165, 1.54) is 33.3 Å². The van der Waals surface area contributed by atoms with Crippen LogP contribution in [0.4, 0.5) is 15.8 Å². The molecule has 0 saturated carbocycles. The van der Waals surface area contributed by atoms with Gasteiger partial charge in [-0.1, -0.05) is 24.3 Å². The highest BCUT2D eigenvalue weighted by atomic mass is 32.2. The number of anilines is 2. The second-order valence-electron chi connectivity index (χ2n) is 7.59. The summed E-state index contributed by atoms with van der Waals surface area (Å²) >= 11 is 0. The predicted molar refractivity (Wildman–Crippen MR) is 127 cm³/mol. The van der Waals surface area contributed by atoms with Crippen LogP contribution in [0.25, 0.3) is 0 Å². The van der Waals surface area contributed by atoms with Crippen molar-refractivity contribution in [2.75, 3.05) is 30.5 Å². The highest BCUT2D eigenvalue weighted by Gasteiger charge is 2.33. The molecule has 3 N–H and O–H groups in total. The van der Waals surface area contributed by atoms with Crippen molar-refractivity contribution < 1.29 is 27.4 Å². The lowest BCUT2D eigenvalue weighted by Gasteiger charge is -2.33. The van der Waals surface area contributed by atoms with Gasteiger partial charge in [0.15, 0.2) is 5.82 Å². The van der Waals surface area contributed by atoms with Gasteiger partial charge in [0.2, 0.25) is 10.0 Å². The summed E-state index contributed by atoms with van der Waals surface area (Å²) in [7, 11) is -0.959. The highest BCUT2D eigenvalue weighted by molar-refractivity contribution is 7.92. The molecule has 0 aliphatic heterocycles. The van der Waals surface area contributed by atoms with Crippen LogP contribution in [0.2, 0.25) is 0 Å². The Morgan fingerprint density at radius 2 is 1.36 bits per heavy atom. The molecule has 1 atom stereocenters. The van der Waals surface area contributed by atoms with Gasteiger partial charge in [-0.2, -0.15) is 0 Å². The van der Waals surface area contributed by atoms with E-state index in [1.54, 1.807) is 48.5 Å². The quantitative estimate of drug-likeness (QED) is 0.478. The number of methoxy groups -OCH3 is 2. The first-order valence-corrected chi connectivity index (χ1v) is 12.0. The van der Waals surface area contributed by atoms with Gasteiger partial charge >= 0.3 is 0 Å². The minimum Gasteiger partial charge on any atom is -0.497 e. The largest absolute Gasteiger partial charge is 0.497 e. The monoisotopic (exact) mass is 474 g/mol. The van der Waals surface area contributed by atoms with E-state index in [9.17, 15) is 13.5 Å². The van der Waals surface area contributed by atoms with Crippen molar-refractivity contribution >= 4 is 21.4 Å². The zero-order chi connectivity index (χ0) is 24.3. The number of benzene rings is 3. The van der Waals surface area contributed by atoms with Gasteiger partial charge in [-0.15, -0.1) is 0 Å². The minimum atomic E-state index is -4.01. The number of aliphatic hydroxyl groups is 1. The number of halogens is 1. The Bertz CT molecular complexity index is 1170. The third-order valence-corrected chi connectivity index (χ3v) is 6.43. The smallest absolute Gasteiger partial charge is 0.233 e. The van der Waals surface area contributed by atoms with Crippen LogP contribution in [0.1, 0.15) is 35.8 Å². The van der Waals surface area contributed by atoms with Gasteiger partial charge in [0.25, 0.3) is 0 Å². The van der Waals surface area contributed by atoms with E-state index in [4.69, 9.17) is 15.2 Å². The molecule has 3 aromatic rings. The van der Waals surface area contributed by atoms with Gasteiger partial charge < -0.3 is 20.3 Å². The van der Waals surface area contributed by atoms with E-state index in [0.717, 1.165) is 10.6 Å². The molecule has 0 saturated heterocycles. The molecular formula is C24H27FN2O5S. The van der Waals surface area contributed by atoms with E-state index >= 15 is 4.39 Å². The summed E-state index contributed by atoms with van der Waals surface area (Å²) in [4.78, 5) is 0. The van der Waals surface area contributed by atoms with E-state index in [1.807, 2.05) is 0 Å². The number of sulfonamides is 1. The Morgan fingerprint density at radius 1 is 0.909 bits per heavy atom. The molecule has 0 aliphatic rings. The number of rotatable bonds is 8. The third kappa shape index (κ3) is 5.04. The second kappa shape index (κ2) is 9.68. The number of nitrogen functional groups attached to an aromatic ring is 1. The first-order chi connectivity index (χ1) is 15.6. The standard InChI is InChI=1S/C24H27FN2O5S/c1-15(28)22-20(26)13-14-21(23(22)25)27(33(4,29)30)24(16-5-9-18(31-2)10-6-16)17-7-11-19(32-3)12-8-17/h5-15,24,28H,26H2,1-4H3. The first kappa shape index (κ1) is 24.3. The molecule has 0 amide bonds. The lowest BCUT2D eigenvalue weighted by atomic mass is 9.97. The molecule has 0 bridgehead atoms. The third-order valence-electron chi connectivity index (χ3n) is 5.30. The number of hydrogen-bond donors (Lipinski definition) is 2. The van der Waals surface area contributed by atoms with Gasteiger partial charge in [-0.25, -0.2) is 12.8 Å². The Balaban J connectivity index is 2.31. The van der Waals surface area contributed by atoms with Crippen LogP contribution in [0.3, 0.4) is 0 Å². The highest BCUT2D eigenvalue weighted by Crippen LogP contribution is 2.40. The number of ether oxygens (including phenoxy) is 2. The van der Waals surface area contributed by atoms with Crippen molar-refractivity contribution in [1.29, 1.82) is 0 Å². The summed E-state index contributed by atoms with van der Waals surface area (Å²) in [6.07, 6.45) is -0.225. The molecule has 3 rings (SSSR count). The molecule has 1 unspecified atom stereocenters. The van der Waals surface area contributed by atoms with Crippen LogP contribution >= 0.6 is 0 Å². The maximum atomic E-state index is 15.6. The van der Waals surface area contributed by atoms with Crippen molar-refractivity contribution in [2.45, 2.75) is 19.1 Å². The van der Waals surface area contributed by atoms with E-state index in [-0.39, 0.29) is 16.9 Å². The van der Waals surface area contributed by atoms with Crippen LogP contribution in [0.15, 0.2) is 60.7 Å². The average molecular weight is 475 g/mol. The Morgan fingerprint density at radius 3 is 1.73 bits per heavy atom. The maximum Gasteiger partial charge on any atom is 0.233 e. The Kier molecular flexibility index (Phi) is 7.14. The van der Waals surface area contributed by atoms with E-state index in [0.29, 0.717) is 22.6 Å². The summed E-state index contributed by atoms with van der Waals surface area (Å²) in [5.41, 5.74) is 6.68. The van der Waals surface area contributed by atoms with Crippen LogP contribution in [0, 0.1) is 5.82 Å².